The number of hydrogen-bond acceptors (Lipinski definition) is 4. The number of pyridine rings is 1. The van der Waals surface area contributed by atoms with Crippen LogP contribution >= 0.6 is 31.9 Å². The van der Waals surface area contributed by atoms with Gasteiger partial charge < -0.3 is 14.6 Å². The number of halogens is 2. The van der Waals surface area contributed by atoms with Gasteiger partial charge in [-0.2, -0.15) is 0 Å². The topological polar surface area (TPSA) is 51.6 Å². The van der Waals surface area contributed by atoms with E-state index in [0.717, 1.165) is 47.8 Å². The molecule has 2 saturated heterocycles. The van der Waals surface area contributed by atoms with Gasteiger partial charge in [-0.3, -0.25) is 4.98 Å². The first-order valence-corrected chi connectivity index (χ1v) is 8.89. The second-order valence-electron chi connectivity index (χ2n) is 5.86. The highest BCUT2D eigenvalue weighted by Crippen LogP contribution is 2.42. The van der Waals surface area contributed by atoms with E-state index in [2.05, 4.69) is 36.8 Å². The normalized spacial score (nSPS) is 26.7. The summed E-state index contributed by atoms with van der Waals surface area (Å²) in [6.45, 7) is 2.21. The fourth-order valence-electron chi connectivity index (χ4n) is 3.29. The monoisotopic (exact) mass is 419 g/mol. The van der Waals surface area contributed by atoms with E-state index in [1.807, 2.05) is 6.07 Å². The Hall–Kier alpha value is -0.0100. The number of aliphatic hydroxyl groups is 1. The SMILES string of the molecule is OC(c1ncc(Br)cc1Br)C1CCOC2(CCOCC2)C1. The highest BCUT2D eigenvalue weighted by Gasteiger charge is 2.41. The maximum Gasteiger partial charge on any atom is 0.100 e. The molecule has 2 unspecified atom stereocenters. The zero-order valence-electron chi connectivity index (χ0n) is 11.7. The van der Waals surface area contributed by atoms with E-state index in [9.17, 15) is 5.11 Å². The predicted octanol–water partition coefficient (Wildman–Crippen LogP) is 3.62. The quantitative estimate of drug-likeness (QED) is 0.793. The van der Waals surface area contributed by atoms with Crippen molar-refractivity contribution in [3.63, 3.8) is 0 Å². The molecule has 116 valence electrons. The summed E-state index contributed by atoms with van der Waals surface area (Å²) >= 11 is 6.89. The lowest BCUT2D eigenvalue weighted by atomic mass is 9.78. The summed E-state index contributed by atoms with van der Waals surface area (Å²) in [4.78, 5) is 4.38. The van der Waals surface area contributed by atoms with Crippen LogP contribution in [-0.4, -0.2) is 35.5 Å². The molecule has 1 aromatic rings. The molecule has 2 fully saturated rings. The molecule has 0 radical (unpaired) electrons. The van der Waals surface area contributed by atoms with Gasteiger partial charge in [-0.1, -0.05) is 0 Å². The van der Waals surface area contributed by atoms with Crippen molar-refractivity contribution in [3.05, 3.63) is 26.9 Å². The summed E-state index contributed by atoms with van der Waals surface area (Å²) in [5.74, 6) is 0.182. The first-order valence-electron chi connectivity index (χ1n) is 7.30. The average Bonchev–Trinajstić information content (AvgIpc) is 2.47. The van der Waals surface area contributed by atoms with Crippen molar-refractivity contribution in [3.8, 4) is 0 Å². The summed E-state index contributed by atoms with van der Waals surface area (Å²) in [5, 5.41) is 10.7. The fraction of sp³-hybridized carbons (Fsp3) is 0.667. The van der Waals surface area contributed by atoms with Crippen LogP contribution in [0.15, 0.2) is 21.2 Å². The number of rotatable bonds is 2. The van der Waals surface area contributed by atoms with E-state index in [1.165, 1.54) is 0 Å². The Morgan fingerprint density at radius 2 is 2.05 bits per heavy atom. The molecule has 0 aliphatic carbocycles. The van der Waals surface area contributed by atoms with Gasteiger partial charge in [-0.05, 0) is 69.5 Å². The van der Waals surface area contributed by atoms with Crippen LogP contribution < -0.4 is 0 Å². The number of nitrogens with zero attached hydrogens (tertiary/aromatic N) is 1. The van der Waals surface area contributed by atoms with Crippen LogP contribution in [0.25, 0.3) is 0 Å². The Labute approximate surface area is 141 Å². The van der Waals surface area contributed by atoms with Gasteiger partial charge in [0.15, 0.2) is 0 Å². The Morgan fingerprint density at radius 3 is 2.76 bits per heavy atom. The molecule has 2 aliphatic heterocycles. The second kappa shape index (κ2) is 6.62. The fourth-order valence-corrected chi connectivity index (χ4v) is 4.52. The molecule has 4 nitrogen and oxygen atoms in total. The molecule has 0 amide bonds. The van der Waals surface area contributed by atoms with E-state index in [-0.39, 0.29) is 11.5 Å². The van der Waals surface area contributed by atoms with E-state index in [0.29, 0.717) is 12.3 Å². The molecule has 0 aromatic carbocycles. The highest BCUT2D eigenvalue weighted by atomic mass is 79.9. The van der Waals surface area contributed by atoms with Crippen LogP contribution in [0.3, 0.4) is 0 Å². The van der Waals surface area contributed by atoms with Crippen LogP contribution in [0.2, 0.25) is 0 Å². The van der Waals surface area contributed by atoms with E-state index < -0.39 is 6.10 Å². The number of hydrogen-bond donors (Lipinski definition) is 1. The lowest BCUT2D eigenvalue weighted by molar-refractivity contribution is -0.159. The average molecular weight is 421 g/mol. The molecule has 0 bridgehead atoms. The first kappa shape index (κ1) is 15.9. The lowest BCUT2D eigenvalue weighted by Crippen LogP contribution is -2.45. The van der Waals surface area contributed by atoms with Crippen LogP contribution in [0.5, 0.6) is 0 Å². The van der Waals surface area contributed by atoms with Crippen LogP contribution in [0, 0.1) is 5.92 Å². The summed E-state index contributed by atoms with van der Waals surface area (Å²) < 4.78 is 13.2. The van der Waals surface area contributed by atoms with Crippen LogP contribution in [-0.2, 0) is 9.47 Å². The number of aliphatic hydroxyl groups excluding tert-OH is 1. The van der Waals surface area contributed by atoms with Crippen molar-refractivity contribution in [1.82, 2.24) is 4.98 Å². The molecule has 21 heavy (non-hydrogen) atoms. The van der Waals surface area contributed by atoms with Crippen molar-refractivity contribution < 1.29 is 14.6 Å². The minimum Gasteiger partial charge on any atom is -0.386 e. The van der Waals surface area contributed by atoms with Crippen LogP contribution in [0.4, 0.5) is 0 Å². The maximum absolute atomic E-state index is 10.7. The second-order valence-corrected chi connectivity index (χ2v) is 7.63. The van der Waals surface area contributed by atoms with E-state index in [4.69, 9.17) is 9.47 Å². The molecule has 1 aromatic heterocycles. The van der Waals surface area contributed by atoms with Gasteiger partial charge in [-0.15, -0.1) is 0 Å². The van der Waals surface area contributed by atoms with Crippen molar-refractivity contribution in [2.24, 2.45) is 5.92 Å². The van der Waals surface area contributed by atoms with Gasteiger partial charge in [0.1, 0.15) is 6.10 Å². The molecule has 2 aliphatic rings. The summed E-state index contributed by atoms with van der Waals surface area (Å²) in [6.07, 6.45) is 4.76. The van der Waals surface area contributed by atoms with Gasteiger partial charge in [0, 0.05) is 35.0 Å². The maximum atomic E-state index is 10.7. The van der Waals surface area contributed by atoms with Crippen molar-refractivity contribution in [1.29, 1.82) is 0 Å². The Balaban J connectivity index is 1.76. The van der Waals surface area contributed by atoms with E-state index >= 15 is 0 Å². The largest absolute Gasteiger partial charge is 0.386 e. The Bertz CT molecular complexity index is 500. The third-order valence-corrected chi connectivity index (χ3v) is 5.57. The molecule has 2 atom stereocenters. The Morgan fingerprint density at radius 1 is 1.29 bits per heavy atom. The van der Waals surface area contributed by atoms with Gasteiger partial charge in [0.2, 0.25) is 0 Å². The minimum absolute atomic E-state index is 0.107. The first-order chi connectivity index (χ1) is 10.1. The summed E-state index contributed by atoms with van der Waals surface area (Å²) in [7, 11) is 0. The zero-order valence-corrected chi connectivity index (χ0v) is 14.9. The molecule has 0 saturated carbocycles. The highest BCUT2D eigenvalue weighted by molar-refractivity contribution is 9.11. The molecule has 1 spiro atoms. The third-order valence-electron chi connectivity index (χ3n) is 4.50. The van der Waals surface area contributed by atoms with E-state index in [1.54, 1.807) is 6.20 Å². The summed E-state index contributed by atoms with van der Waals surface area (Å²) in [6, 6.07) is 1.93. The third kappa shape index (κ3) is 3.50. The van der Waals surface area contributed by atoms with Gasteiger partial charge in [-0.25, -0.2) is 0 Å². The number of ether oxygens (including phenoxy) is 2. The smallest absolute Gasteiger partial charge is 0.100 e. The minimum atomic E-state index is -0.559. The van der Waals surface area contributed by atoms with Gasteiger partial charge in [0.05, 0.1) is 11.3 Å². The molecule has 1 N–H and O–H groups in total. The van der Waals surface area contributed by atoms with Crippen LogP contribution in [0.1, 0.15) is 37.5 Å². The Kier molecular flexibility index (Phi) is 5.01. The molecular formula is C15H19Br2NO3. The molecule has 3 rings (SSSR count). The predicted molar refractivity (Wildman–Crippen MR) is 86.1 cm³/mol. The molecular weight excluding hydrogens is 402 g/mol. The lowest BCUT2D eigenvalue weighted by Gasteiger charge is -2.44. The van der Waals surface area contributed by atoms with Crippen molar-refractivity contribution in [2.75, 3.05) is 19.8 Å². The number of aromatic nitrogens is 1. The van der Waals surface area contributed by atoms with Gasteiger partial charge >= 0.3 is 0 Å². The molecule has 6 heteroatoms. The van der Waals surface area contributed by atoms with Crippen molar-refractivity contribution in [2.45, 2.75) is 37.4 Å². The van der Waals surface area contributed by atoms with Gasteiger partial charge in [0.25, 0.3) is 0 Å². The van der Waals surface area contributed by atoms with Crippen molar-refractivity contribution >= 4 is 31.9 Å². The zero-order chi connectivity index (χ0) is 14.9. The molecule has 3 heterocycles. The summed E-state index contributed by atoms with van der Waals surface area (Å²) in [5.41, 5.74) is 0.608. The standard InChI is InChI=1S/C15H19Br2NO3/c16-11-7-12(17)13(18-9-11)14(19)10-1-4-21-15(8-10)2-5-20-6-3-15/h7,9-10,14,19H,1-6,8H2.